The molecular weight excluding hydrogens is 170 g/mol. The van der Waals surface area contributed by atoms with Gasteiger partial charge in [-0.1, -0.05) is 0 Å². The summed E-state index contributed by atoms with van der Waals surface area (Å²) in [5.41, 5.74) is -2.24. The number of hydrogen-bond acceptors (Lipinski definition) is 2. The minimum Gasteiger partial charge on any atom is -0.479 e. The molecule has 0 bridgehead atoms. The van der Waals surface area contributed by atoms with Gasteiger partial charge in [0.05, 0.1) is 0 Å². The number of alkyl halides is 2. The fourth-order valence-corrected chi connectivity index (χ4v) is 1.25. The van der Waals surface area contributed by atoms with E-state index < -0.39 is 18.0 Å². The maximum Gasteiger partial charge on any atom is 0.342 e. The third kappa shape index (κ3) is 1.41. The molecule has 1 rings (SSSR count). The van der Waals surface area contributed by atoms with Crippen molar-refractivity contribution in [1.82, 2.24) is 0 Å². The predicted molar refractivity (Wildman–Crippen MR) is 36.2 cm³/mol. The molecular formula is C7H10F2O3. The van der Waals surface area contributed by atoms with E-state index in [0.717, 1.165) is 0 Å². The minimum absolute atomic E-state index is 0.0972. The normalized spacial score (nSPS) is 30.6. The van der Waals surface area contributed by atoms with E-state index in [9.17, 15) is 13.6 Å². The molecule has 0 radical (unpaired) electrons. The molecule has 0 amide bonds. The van der Waals surface area contributed by atoms with Crippen molar-refractivity contribution in [2.24, 2.45) is 0 Å². The Morgan fingerprint density at radius 3 is 2.42 bits per heavy atom. The summed E-state index contributed by atoms with van der Waals surface area (Å²) < 4.78 is 29.3. The van der Waals surface area contributed by atoms with Crippen molar-refractivity contribution in [3.05, 3.63) is 0 Å². The second kappa shape index (κ2) is 3.35. The van der Waals surface area contributed by atoms with Crippen LogP contribution in [-0.4, -0.2) is 29.7 Å². The molecule has 1 heterocycles. The van der Waals surface area contributed by atoms with Gasteiger partial charge in [0.2, 0.25) is 5.60 Å². The van der Waals surface area contributed by atoms with Crippen molar-refractivity contribution in [2.45, 2.75) is 31.3 Å². The van der Waals surface area contributed by atoms with Crippen LogP contribution in [0.2, 0.25) is 0 Å². The van der Waals surface area contributed by atoms with Crippen LogP contribution in [0.3, 0.4) is 0 Å². The van der Waals surface area contributed by atoms with Crippen molar-refractivity contribution < 1.29 is 23.4 Å². The lowest BCUT2D eigenvalue weighted by Crippen LogP contribution is -2.50. The smallest absolute Gasteiger partial charge is 0.342 e. The van der Waals surface area contributed by atoms with E-state index in [1.165, 1.54) is 0 Å². The highest BCUT2D eigenvalue weighted by molar-refractivity contribution is 5.78. The summed E-state index contributed by atoms with van der Waals surface area (Å²) in [6.45, 7) is 0.108. The Morgan fingerprint density at radius 1 is 1.50 bits per heavy atom. The molecule has 0 aliphatic carbocycles. The van der Waals surface area contributed by atoms with Gasteiger partial charge in [0.15, 0.2) is 0 Å². The first kappa shape index (κ1) is 9.38. The summed E-state index contributed by atoms with van der Waals surface area (Å²) in [5, 5.41) is 8.55. The molecule has 1 aliphatic heterocycles. The summed E-state index contributed by atoms with van der Waals surface area (Å²) >= 11 is 0. The highest BCUT2D eigenvalue weighted by Gasteiger charge is 2.49. The van der Waals surface area contributed by atoms with Gasteiger partial charge in [-0.25, -0.2) is 13.6 Å². The lowest BCUT2D eigenvalue weighted by atomic mass is 9.94. The first-order valence-electron chi connectivity index (χ1n) is 3.75. The number of hydrogen-bond donors (Lipinski definition) is 1. The number of carbonyl (C=O) groups is 1. The monoisotopic (exact) mass is 180 g/mol. The van der Waals surface area contributed by atoms with Crippen LogP contribution in [0.15, 0.2) is 0 Å². The summed E-state index contributed by atoms with van der Waals surface area (Å²) in [4.78, 5) is 10.5. The average Bonchev–Trinajstić information content (AvgIpc) is 2.05. The summed E-state index contributed by atoms with van der Waals surface area (Å²) in [7, 11) is 0. The lowest BCUT2D eigenvalue weighted by molar-refractivity contribution is -0.198. The average molecular weight is 180 g/mol. The highest BCUT2D eigenvalue weighted by Crippen LogP contribution is 2.31. The first-order chi connectivity index (χ1) is 5.59. The quantitative estimate of drug-likeness (QED) is 0.696. The fraction of sp³-hybridized carbons (Fsp3) is 0.857. The second-order valence-corrected chi connectivity index (χ2v) is 2.80. The zero-order chi connectivity index (χ0) is 9.19. The van der Waals surface area contributed by atoms with E-state index in [4.69, 9.17) is 5.11 Å². The van der Waals surface area contributed by atoms with Gasteiger partial charge >= 0.3 is 5.97 Å². The molecule has 1 fully saturated rings. The van der Waals surface area contributed by atoms with Crippen LogP contribution in [0.4, 0.5) is 8.78 Å². The molecule has 1 N–H and O–H groups in total. The summed E-state index contributed by atoms with van der Waals surface area (Å²) in [6, 6.07) is 0. The topological polar surface area (TPSA) is 46.5 Å². The molecule has 3 nitrogen and oxygen atoms in total. The third-order valence-corrected chi connectivity index (χ3v) is 2.02. The SMILES string of the molecule is O=C(O)C1(C(F)F)CCCCO1. The Hall–Kier alpha value is -0.710. The van der Waals surface area contributed by atoms with Gasteiger partial charge in [0, 0.05) is 6.61 Å². The Balaban J connectivity index is 2.77. The molecule has 1 saturated heterocycles. The van der Waals surface area contributed by atoms with Crippen molar-refractivity contribution in [3.63, 3.8) is 0 Å². The van der Waals surface area contributed by atoms with Crippen LogP contribution < -0.4 is 0 Å². The maximum absolute atomic E-state index is 12.3. The van der Waals surface area contributed by atoms with Crippen LogP contribution in [-0.2, 0) is 9.53 Å². The van der Waals surface area contributed by atoms with Crippen molar-refractivity contribution in [1.29, 1.82) is 0 Å². The second-order valence-electron chi connectivity index (χ2n) is 2.80. The van der Waals surface area contributed by atoms with Crippen LogP contribution in [0.1, 0.15) is 19.3 Å². The fourth-order valence-electron chi connectivity index (χ4n) is 1.25. The number of rotatable bonds is 2. The Bertz CT molecular complexity index is 175. The van der Waals surface area contributed by atoms with Gasteiger partial charge in [0.25, 0.3) is 6.43 Å². The van der Waals surface area contributed by atoms with Crippen LogP contribution >= 0.6 is 0 Å². The standard InChI is InChI=1S/C7H10F2O3/c8-5(9)7(6(10)11)3-1-2-4-12-7/h5H,1-4H2,(H,10,11). The molecule has 0 spiro atoms. The van der Waals surface area contributed by atoms with Gasteiger partial charge < -0.3 is 9.84 Å². The first-order valence-corrected chi connectivity index (χ1v) is 3.75. The van der Waals surface area contributed by atoms with Gasteiger partial charge in [0.1, 0.15) is 0 Å². The van der Waals surface area contributed by atoms with Gasteiger partial charge in [-0.05, 0) is 19.3 Å². The number of carboxylic acid groups (broad SMARTS) is 1. The molecule has 5 heteroatoms. The molecule has 1 aliphatic rings. The minimum atomic E-state index is -2.95. The molecule has 0 saturated carbocycles. The molecule has 0 aromatic carbocycles. The molecule has 12 heavy (non-hydrogen) atoms. The molecule has 0 aromatic rings. The zero-order valence-electron chi connectivity index (χ0n) is 6.43. The molecule has 1 atom stereocenters. The number of aliphatic carboxylic acids is 1. The van der Waals surface area contributed by atoms with Crippen molar-refractivity contribution >= 4 is 5.97 Å². The molecule has 0 aromatic heterocycles. The van der Waals surface area contributed by atoms with E-state index in [-0.39, 0.29) is 13.0 Å². The van der Waals surface area contributed by atoms with Crippen LogP contribution in [0, 0.1) is 0 Å². The van der Waals surface area contributed by atoms with Gasteiger partial charge in [-0.3, -0.25) is 0 Å². The summed E-state index contributed by atoms with van der Waals surface area (Å²) in [6.07, 6.45) is -1.91. The van der Waals surface area contributed by atoms with E-state index >= 15 is 0 Å². The largest absolute Gasteiger partial charge is 0.479 e. The van der Waals surface area contributed by atoms with Gasteiger partial charge in [-0.2, -0.15) is 0 Å². The number of ether oxygens (including phenoxy) is 1. The lowest BCUT2D eigenvalue weighted by Gasteiger charge is -2.32. The van der Waals surface area contributed by atoms with Crippen LogP contribution in [0.5, 0.6) is 0 Å². The van der Waals surface area contributed by atoms with Gasteiger partial charge in [-0.15, -0.1) is 0 Å². The molecule has 70 valence electrons. The van der Waals surface area contributed by atoms with E-state index in [2.05, 4.69) is 4.74 Å². The summed E-state index contributed by atoms with van der Waals surface area (Å²) in [5.74, 6) is -1.56. The number of carboxylic acids is 1. The van der Waals surface area contributed by atoms with E-state index in [0.29, 0.717) is 12.8 Å². The van der Waals surface area contributed by atoms with Crippen molar-refractivity contribution in [2.75, 3.05) is 6.61 Å². The Morgan fingerprint density at radius 2 is 2.17 bits per heavy atom. The third-order valence-electron chi connectivity index (χ3n) is 2.02. The Labute approximate surface area is 68.3 Å². The highest BCUT2D eigenvalue weighted by atomic mass is 19.3. The molecule has 1 unspecified atom stereocenters. The van der Waals surface area contributed by atoms with Crippen molar-refractivity contribution in [3.8, 4) is 0 Å². The maximum atomic E-state index is 12.3. The van der Waals surface area contributed by atoms with Crippen LogP contribution in [0.25, 0.3) is 0 Å². The number of halogens is 2. The van der Waals surface area contributed by atoms with E-state index in [1.54, 1.807) is 0 Å². The zero-order valence-corrected chi connectivity index (χ0v) is 6.43. The van der Waals surface area contributed by atoms with E-state index in [1.807, 2.05) is 0 Å². The predicted octanol–water partition coefficient (Wildman–Crippen LogP) is 1.28. The Kier molecular flexibility index (Phi) is 2.62.